The van der Waals surface area contributed by atoms with Crippen LogP contribution in [0.3, 0.4) is 0 Å². The minimum absolute atomic E-state index is 0.00598. The number of carbonyl (C=O) groups excluding carboxylic acids is 2. The van der Waals surface area contributed by atoms with Gasteiger partial charge in [0.25, 0.3) is 10.0 Å². The Morgan fingerprint density at radius 2 is 1.62 bits per heavy atom. The number of rotatable bonds is 10. The quantitative estimate of drug-likeness (QED) is 0.375. The van der Waals surface area contributed by atoms with Gasteiger partial charge in [-0.2, -0.15) is 0 Å². The number of sulfonamides is 1. The summed E-state index contributed by atoms with van der Waals surface area (Å²) in [5, 5.41) is 3.36. The Balaban J connectivity index is 2.05. The molecule has 0 unspecified atom stereocenters. The first-order valence-electron chi connectivity index (χ1n) is 11.7. The molecule has 0 aliphatic carbocycles. The van der Waals surface area contributed by atoms with Gasteiger partial charge in [0.1, 0.15) is 12.6 Å². The third-order valence-corrected chi connectivity index (χ3v) is 8.30. The molecule has 0 aromatic heterocycles. The number of aryl methyl sites for hydroxylation is 1. The van der Waals surface area contributed by atoms with Crippen molar-refractivity contribution in [1.29, 1.82) is 0 Å². The number of likely N-dealkylation sites (N-methyl/N-ethyl adjacent to an activating group) is 1. The molecular formula is C27H29Cl2N3O4S. The average Bonchev–Trinajstić information content (AvgIpc) is 2.88. The summed E-state index contributed by atoms with van der Waals surface area (Å²) < 4.78 is 28.5. The van der Waals surface area contributed by atoms with Crippen LogP contribution in [-0.2, 0) is 26.2 Å². The van der Waals surface area contributed by atoms with E-state index in [1.165, 1.54) is 24.1 Å². The highest BCUT2D eigenvalue weighted by molar-refractivity contribution is 7.92. The molecule has 0 aliphatic heterocycles. The van der Waals surface area contributed by atoms with E-state index in [-0.39, 0.29) is 17.3 Å². The van der Waals surface area contributed by atoms with Crippen LogP contribution in [0.5, 0.6) is 0 Å². The van der Waals surface area contributed by atoms with Gasteiger partial charge in [0.05, 0.1) is 10.6 Å². The highest BCUT2D eigenvalue weighted by atomic mass is 35.5. The van der Waals surface area contributed by atoms with E-state index in [0.29, 0.717) is 27.7 Å². The molecule has 1 atom stereocenters. The SMILES string of the molecule is CC[C@H](C(=O)NC)N(Cc1ccc(Cl)cc1Cl)C(=O)CN(c1ccccc1)S(=O)(=O)c1ccc(C)cc1. The van der Waals surface area contributed by atoms with Gasteiger partial charge < -0.3 is 10.2 Å². The summed E-state index contributed by atoms with van der Waals surface area (Å²) in [4.78, 5) is 28.0. The van der Waals surface area contributed by atoms with Crippen molar-refractivity contribution in [1.82, 2.24) is 10.2 Å². The summed E-state index contributed by atoms with van der Waals surface area (Å²) in [5.74, 6) is -0.922. The Bertz CT molecular complexity index is 1350. The van der Waals surface area contributed by atoms with E-state index in [2.05, 4.69) is 5.32 Å². The lowest BCUT2D eigenvalue weighted by Gasteiger charge is -2.33. The van der Waals surface area contributed by atoms with E-state index in [1.54, 1.807) is 67.6 Å². The number of hydrogen-bond donors (Lipinski definition) is 1. The van der Waals surface area contributed by atoms with Crippen molar-refractivity contribution in [2.24, 2.45) is 0 Å². The lowest BCUT2D eigenvalue weighted by atomic mass is 10.1. The van der Waals surface area contributed by atoms with E-state index in [0.717, 1.165) is 9.87 Å². The Morgan fingerprint density at radius 1 is 0.973 bits per heavy atom. The number of amides is 2. The van der Waals surface area contributed by atoms with E-state index in [9.17, 15) is 18.0 Å². The van der Waals surface area contributed by atoms with Crippen molar-refractivity contribution in [3.8, 4) is 0 Å². The first-order chi connectivity index (χ1) is 17.6. The van der Waals surface area contributed by atoms with Crippen LogP contribution in [0, 0.1) is 6.92 Å². The van der Waals surface area contributed by atoms with Crippen LogP contribution in [0.25, 0.3) is 0 Å². The molecule has 0 heterocycles. The van der Waals surface area contributed by atoms with Crippen LogP contribution in [-0.4, -0.2) is 44.8 Å². The Labute approximate surface area is 228 Å². The van der Waals surface area contributed by atoms with E-state index in [4.69, 9.17) is 23.2 Å². The smallest absolute Gasteiger partial charge is 0.264 e. The molecule has 1 N–H and O–H groups in total. The minimum atomic E-state index is -4.10. The zero-order chi connectivity index (χ0) is 27.2. The van der Waals surface area contributed by atoms with Crippen LogP contribution in [0.1, 0.15) is 24.5 Å². The van der Waals surface area contributed by atoms with Crippen LogP contribution >= 0.6 is 23.2 Å². The molecule has 7 nitrogen and oxygen atoms in total. The summed E-state index contributed by atoms with van der Waals surface area (Å²) >= 11 is 12.4. The number of nitrogens with one attached hydrogen (secondary N) is 1. The van der Waals surface area contributed by atoms with Gasteiger partial charge in [-0.3, -0.25) is 13.9 Å². The molecule has 0 saturated heterocycles. The Kier molecular flexibility index (Phi) is 9.59. The molecule has 2 amide bonds. The number of hydrogen-bond acceptors (Lipinski definition) is 4. The third kappa shape index (κ3) is 6.83. The highest BCUT2D eigenvalue weighted by Gasteiger charge is 2.33. The summed E-state index contributed by atoms with van der Waals surface area (Å²) in [7, 11) is -2.62. The van der Waals surface area contributed by atoms with Gasteiger partial charge >= 0.3 is 0 Å². The first kappa shape index (κ1) is 28.5. The van der Waals surface area contributed by atoms with Gasteiger partial charge in [-0.1, -0.05) is 72.1 Å². The summed E-state index contributed by atoms with van der Waals surface area (Å²) in [5.41, 5.74) is 1.81. The number of para-hydroxylation sites is 1. The summed E-state index contributed by atoms with van der Waals surface area (Å²) in [6.45, 7) is 3.12. The molecule has 3 rings (SSSR count). The summed E-state index contributed by atoms with van der Waals surface area (Å²) in [6, 6.07) is 18.8. The van der Waals surface area contributed by atoms with E-state index < -0.39 is 28.5 Å². The van der Waals surface area contributed by atoms with Crippen LogP contribution in [0.4, 0.5) is 5.69 Å². The molecule has 0 bridgehead atoms. The van der Waals surface area contributed by atoms with Crippen molar-refractivity contribution in [2.45, 2.75) is 37.8 Å². The predicted molar refractivity (Wildman–Crippen MR) is 147 cm³/mol. The molecule has 3 aromatic carbocycles. The molecular weight excluding hydrogens is 533 g/mol. The van der Waals surface area contributed by atoms with Gasteiger partial charge in [0.2, 0.25) is 11.8 Å². The zero-order valence-electron chi connectivity index (χ0n) is 20.8. The maximum atomic E-state index is 13.8. The molecule has 37 heavy (non-hydrogen) atoms. The van der Waals surface area contributed by atoms with Crippen LogP contribution in [0.15, 0.2) is 77.7 Å². The van der Waals surface area contributed by atoms with E-state index in [1.807, 2.05) is 6.92 Å². The second-order valence-corrected chi connectivity index (χ2v) is 11.2. The summed E-state index contributed by atoms with van der Waals surface area (Å²) in [6.07, 6.45) is 0.312. The molecule has 0 radical (unpaired) electrons. The van der Waals surface area contributed by atoms with Gasteiger partial charge in [-0.05, 0) is 55.3 Å². The van der Waals surface area contributed by atoms with Gasteiger partial charge in [0, 0.05) is 23.6 Å². The molecule has 196 valence electrons. The number of nitrogens with zero attached hydrogens (tertiary/aromatic N) is 2. The standard InChI is InChI=1S/C27H29Cl2N3O4S/c1-4-25(27(34)30-3)31(17-20-12-13-21(28)16-24(20)29)26(33)18-32(22-8-6-5-7-9-22)37(35,36)23-14-10-19(2)11-15-23/h5-16,25H,4,17-18H2,1-3H3,(H,30,34)/t25-/m1/s1. The lowest BCUT2D eigenvalue weighted by Crippen LogP contribution is -2.51. The number of carbonyl (C=O) groups is 2. The Morgan fingerprint density at radius 3 is 2.19 bits per heavy atom. The number of halogens is 2. The predicted octanol–water partition coefficient (Wildman–Crippen LogP) is 5.05. The molecule has 0 saturated carbocycles. The van der Waals surface area contributed by atoms with Gasteiger partial charge in [0.15, 0.2) is 0 Å². The fourth-order valence-corrected chi connectivity index (χ4v) is 5.76. The van der Waals surface area contributed by atoms with Crippen molar-refractivity contribution in [2.75, 3.05) is 17.9 Å². The minimum Gasteiger partial charge on any atom is -0.357 e. The molecule has 0 fully saturated rings. The molecule has 0 spiro atoms. The molecule has 10 heteroatoms. The topological polar surface area (TPSA) is 86.8 Å². The average molecular weight is 563 g/mol. The molecule has 3 aromatic rings. The van der Waals surface area contributed by atoms with Crippen molar-refractivity contribution < 1.29 is 18.0 Å². The largest absolute Gasteiger partial charge is 0.357 e. The molecule has 0 aliphatic rings. The van der Waals surface area contributed by atoms with Crippen molar-refractivity contribution in [3.63, 3.8) is 0 Å². The number of benzene rings is 3. The number of anilines is 1. The fourth-order valence-electron chi connectivity index (χ4n) is 3.88. The first-order valence-corrected chi connectivity index (χ1v) is 13.9. The Hall–Kier alpha value is -3.07. The van der Waals surface area contributed by atoms with Crippen LogP contribution < -0.4 is 9.62 Å². The second-order valence-electron chi connectivity index (χ2n) is 8.46. The second kappa shape index (κ2) is 12.4. The normalized spacial score (nSPS) is 12.0. The lowest BCUT2D eigenvalue weighted by molar-refractivity contribution is -0.140. The van der Waals surface area contributed by atoms with Gasteiger partial charge in [-0.25, -0.2) is 8.42 Å². The van der Waals surface area contributed by atoms with Crippen molar-refractivity contribution in [3.05, 3.63) is 94.0 Å². The zero-order valence-corrected chi connectivity index (χ0v) is 23.1. The third-order valence-electron chi connectivity index (χ3n) is 5.92. The maximum Gasteiger partial charge on any atom is 0.264 e. The highest BCUT2D eigenvalue weighted by Crippen LogP contribution is 2.27. The monoisotopic (exact) mass is 561 g/mol. The van der Waals surface area contributed by atoms with Gasteiger partial charge in [-0.15, -0.1) is 0 Å². The van der Waals surface area contributed by atoms with E-state index >= 15 is 0 Å². The maximum absolute atomic E-state index is 13.8. The van der Waals surface area contributed by atoms with Crippen molar-refractivity contribution >= 4 is 50.7 Å². The van der Waals surface area contributed by atoms with Crippen LogP contribution in [0.2, 0.25) is 10.0 Å². The fraction of sp³-hybridized carbons (Fsp3) is 0.259.